The first kappa shape index (κ1) is 17.9. The van der Waals surface area contributed by atoms with Crippen molar-refractivity contribution in [1.82, 2.24) is 5.32 Å². The molecular formula is C19H22FNO3. The first-order chi connectivity index (χ1) is 11.5. The van der Waals surface area contributed by atoms with Gasteiger partial charge in [0.25, 0.3) is 0 Å². The SMILES string of the molecule is COc1cccc(C(O)CNC(=O)CC(C)c2cccc(F)c2)c1. The molecule has 0 saturated carbocycles. The fourth-order valence-corrected chi connectivity index (χ4v) is 2.46. The van der Waals surface area contributed by atoms with Crippen LogP contribution in [0.5, 0.6) is 5.75 Å². The third-order valence-corrected chi connectivity index (χ3v) is 3.88. The summed E-state index contributed by atoms with van der Waals surface area (Å²) in [5, 5.41) is 12.9. The average Bonchev–Trinajstić information content (AvgIpc) is 2.59. The molecule has 2 aromatic rings. The number of aliphatic hydroxyl groups excluding tert-OH is 1. The summed E-state index contributed by atoms with van der Waals surface area (Å²) in [7, 11) is 1.56. The van der Waals surface area contributed by atoms with Crippen LogP contribution >= 0.6 is 0 Å². The predicted molar refractivity (Wildman–Crippen MR) is 90.4 cm³/mol. The van der Waals surface area contributed by atoms with Crippen LogP contribution in [0.15, 0.2) is 48.5 Å². The molecule has 5 heteroatoms. The van der Waals surface area contributed by atoms with E-state index in [1.54, 1.807) is 43.5 Å². The number of ether oxygens (including phenoxy) is 1. The zero-order chi connectivity index (χ0) is 17.5. The standard InChI is InChI=1S/C19H22FNO3/c1-13(14-5-3-7-16(20)10-14)9-19(23)21-12-18(22)15-6-4-8-17(11-15)24-2/h3-8,10-11,13,18,22H,9,12H2,1-2H3,(H,21,23). The Morgan fingerprint density at radius 1 is 1.21 bits per heavy atom. The smallest absolute Gasteiger partial charge is 0.220 e. The quantitative estimate of drug-likeness (QED) is 0.819. The lowest BCUT2D eigenvalue weighted by atomic mass is 9.97. The second-order valence-corrected chi connectivity index (χ2v) is 5.76. The zero-order valence-electron chi connectivity index (χ0n) is 13.8. The number of hydrogen-bond donors (Lipinski definition) is 2. The number of carbonyl (C=O) groups is 1. The summed E-state index contributed by atoms with van der Waals surface area (Å²) in [5.74, 6) is 0.0502. The molecule has 2 N–H and O–H groups in total. The van der Waals surface area contributed by atoms with Gasteiger partial charge in [-0.3, -0.25) is 4.79 Å². The molecule has 128 valence electrons. The number of carbonyl (C=O) groups excluding carboxylic acids is 1. The molecule has 2 rings (SSSR count). The number of rotatable bonds is 7. The van der Waals surface area contributed by atoms with Crippen LogP contribution in [0.1, 0.15) is 36.5 Å². The molecule has 2 atom stereocenters. The minimum Gasteiger partial charge on any atom is -0.497 e. The van der Waals surface area contributed by atoms with E-state index in [-0.39, 0.29) is 30.6 Å². The lowest BCUT2D eigenvalue weighted by Gasteiger charge is -2.15. The Kier molecular flexibility index (Phi) is 6.32. The minimum absolute atomic E-state index is 0.102. The van der Waals surface area contributed by atoms with Crippen LogP contribution in [-0.4, -0.2) is 24.7 Å². The monoisotopic (exact) mass is 331 g/mol. The largest absolute Gasteiger partial charge is 0.497 e. The molecule has 0 aliphatic rings. The molecule has 0 aliphatic heterocycles. The summed E-state index contributed by atoms with van der Waals surface area (Å²) in [4.78, 5) is 12.0. The molecule has 0 aliphatic carbocycles. The van der Waals surface area contributed by atoms with Gasteiger partial charge in [-0.1, -0.05) is 31.2 Å². The molecule has 0 aromatic heterocycles. The van der Waals surface area contributed by atoms with Gasteiger partial charge in [0.2, 0.25) is 5.91 Å². The molecule has 1 amide bonds. The Morgan fingerprint density at radius 2 is 1.92 bits per heavy atom. The zero-order valence-corrected chi connectivity index (χ0v) is 13.8. The highest BCUT2D eigenvalue weighted by Crippen LogP contribution is 2.21. The topological polar surface area (TPSA) is 58.6 Å². The van der Waals surface area contributed by atoms with Crippen LogP contribution < -0.4 is 10.1 Å². The van der Waals surface area contributed by atoms with Crippen molar-refractivity contribution in [3.05, 3.63) is 65.5 Å². The van der Waals surface area contributed by atoms with Crippen LogP contribution in [0.2, 0.25) is 0 Å². The van der Waals surface area contributed by atoms with E-state index in [0.29, 0.717) is 11.3 Å². The Labute approximate surface area is 141 Å². The van der Waals surface area contributed by atoms with Crippen molar-refractivity contribution in [2.75, 3.05) is 13.7 Å². The Hall–Kier alpha value is -2.40. The number of halogens is 1. The van der Waals surface area contributed by atoms with E-state index >= 15 is 0 Å². The lowest BCUT2D eigenvalue weighted by molar-refractivity contribution is -0.121. The van der Waals surface area contributed by atoms with Crippen molar-refractivity contribution in [3.63, 3.8) is 0 Å². The molecule has 0 radical (unpaired) electrons. The number of hydrogen-bond acceptors (Lipinski definition) is 3. The average molecular weight is 331 g/mol. The van der Waals surface area contributed by atoms with Crippen LogP contribution in [0.4, 0.5) is 4.39 Å². The van der Waals surface area contributed by atoms with Crippen molar-refractivity contribution in [1.29, 1.82) is 0 Å². The Morgan fingerprint density at radius 3 is 2.62 bits per heavy atom. The maximum absolute atomic E-state index is 13.2. The molecule has 2 unspecified atom stereocenters. The van der Waals surface area contributed by atoms with E-state index in [0.717, 1.165) is 5.56 Å². The molecule has 4 nitrogen and oxygen atoms in total. The van der Waals surface area contributed by atoms with Crippen molar-refractivity contribution in [3.8, 4) is 5.75 Å². The van der Waals surface area contributed by atoms with E-state index < -0.39 is 6.10 Å². The normalized spacial score (nSPS) is 13.2. The van der Waals surface area contributed by atoms with Gasteiger partial charge < -0.3 is 15.2 Å². The summed E-state index contributed by atoms with van der Waals surface area (Å²) in [6.45, 7) is 1.98. The third-order valence-electron chi connectivity index (χ3n) is 3.88. The van der Waals surface area contributed by atoms with E-state index in [2.05, 4.69) is 5.32 Å². The number of amides is 1. The highest BCUT2D eigenvalue weighted by Gasteiger charge is 2.14. The van der Waals surface area contributed by atoms with Gasteiger partial charge in [0, 0.05) is 13.0 Å². The minimum atomic E-state index is -0.812. The molecule has 2 aromatic carbocycles. The Balaban J connectivity index is 1.86. The van der Waals surface area contributed by atoms with Gasteiger partial charge in [0.15, 0.2) is 0 Å². The van der Waals surface area contributed by atoms with Gasteiger partial charge in [-0.15, -0.1) is 0 Å². The molecular weight excluding hydrogens is 309 g/mol. The van der Waals surface area contributed by atoms with Gasteiger partial charge >= 0.3 is 0 Å². The van der Waals surface area contributed by atoms with Crippen LogP contribution in [0.25, 0.3) is 0 Å². The fourth-order valence-electron chi connectivity index (χ4n) is 2.46. The lowest BCUT2D eigenvalue weighted by Crippen LogP contribution is -2.29. The number of methoxy groups -OCH3 is 1. The van der Waals surface area contributed by atoms with E-state index in [1.807, 2.05) is 6.92 Å². The van der Waals surface area contributed by atoms with Gasteiger partial charge in [0.1, 0.15) is 11.6 Å². The molecule has 0 saturated heterocycles. The molecule has 24 heavy (non-hydrogen) atoms. The number of aliphatic hydroxyl groups is 1. The van der Waals surface area contributed by atoms with Gasteiger partial charge in [-0.05, 0) is 41.3 Å². The molecule has 0 spiro atoms. The van der Waals surface area contributed by atoms with E-state index in [1.165, 1.54) is 12.1 Å². The summed E-state index contributed by atoms with van der Waals surface area (Å²) in [6.07, 6.45) is -0.581. The second-order valence-electron chi connectivity index (χ2n) is 5.76. The number of benzene rings is 2. The summed E-state index contributed by atoms with van der Waals surface area (Å²) in [6, 6.07) is 13.3. The van der Waals surface area contributed by atoms with E-state index in [4.69, 9.17) is 4.74 Å². The van der Waals surface area contributed by atoms with Gasteiger partial charge in [0.05, 0.1) is 13.2 Å². The maximum atomic E-state index is 13.2. The van der Waals surface area contributed by atoms with Crippen molar-refractivity contribution >= 4 is 5.91 Å². The second kappa shape index (κ2) is 8.45. The van der Waals surface area contributed by atoms with Crippen LogP contribution in [0.3, 0.4) is 0 Å². The third kappa shape index (κ3) is 5.06. The summed E-state index contributed by atoms with van der Waals surface area (Å²) < 4.78 is 18.3. The van der Waals surface area contributed by atoms with Gasteiger partial charge in [-0.2, -0.15) is 0 Å². The maximum Gasteiger partial charge on any atom is 0.220 e. The Bertz CT molecular complexity index is 690. The number of nitrogens with one attached hydrogen (secondary N) is 1. The van der Waals surface area contributed by atoms with Crippen molar-refractivity contribution in [2.24, 2.45) is 0 Å². The summed E-state index contributed by atoms with van der Waals surface area (Å²) in [5.41, 5.74) is 1.45. The molecule has 0 fully saturated rings. The summed E-state index contributed by atoms with van der Waals surface area (Å²) >= 11 is 0. The first-order valence-corrected chi connectivity index (χ1v) is 7.83. The van der Waals surface area contributed by atoms with Crippen molar-refractivity contribution < 1.29 is 19.0 Å². The van der Waals surface area contributed by atoms with E-state index in [9.17, 15) is 14.3 Å². The van der Waals surface area contributed by atoms with Gasteiger partial charge in [-0.25, -0.2) is 4.39 Å². The fraction of sp³-hybridized carbons (Fsp3) is 0.316. The molecule has 0 heterocycles. The van der Waals surface area contributed by atoms with Crippen LogP contribution in [0, 0.1) is 5.82 Å². The first-order valence-electron chi connectivity index (χ1n) is 7.83. The van der Waals surface area contributed by atoms with Crippen LogP contribution in [-0.2, 0) is 4.79 Å². The molecule has 0 bridgehead atoms. The van der Waals surface area contributed by atoms with Crippen molar-refractivity contribution in [2.45, 2.75) is 25.4 Å². The highest BCUT2D eigenvalue weighted by atomic mass is 19.1. The predicted octanol–water partition coefficient (Wildman–Crippen LogP) is 3.18. The highest BCUT2D eigenvalue weighted by molar-refractivity contribution is 5.76.